The molecule has 1 atom stereocenters. The Balaban J connectivity index is 2.71. The lowest BCUT2D eigenvalue weighted by atomic mass is 10.3. The quantitative estimate of drug-likeness (QED) is 0.779. The summed E-state index contributed by atoms with van der Waals surface area (Å²) in [7, 11) is -3.48. The second-order valence-corrected chi connectivity index (χ2v) is 5.92. The summed E-state index contributed by atoms with van der Waals surface area (Å²) in [5, 5.41) is 0. The average Bonchev–Trinajstić information content (AvgIpc) is 2.34. The molecule has 6 heteroatoms. The van der Waals surface area contributed by atoms with Crippen molar-refractivity contribution >= 4 is 10.0 Å². The summed E-state index contributed by atoms with van der Waals surface area (Å²) in [5.74, 6) is 0.669. The predicted octanol–water partition coefficient (Wildman–Crippen LogP) is 1.10. The molecule has 18 heavy (non-hydrogen) atoms. The van der Waals surface area contributed by atoms with Gasteiger partial charge in [-0.3, -0.25) is 0 Å². The summed E-state index contributed by atoms with van der Waals surface area (Å²) in [6.45, 7) is 4.59. The van der Waals surface area contributed by atoms with Gasteiger partial charge in [-0.25, -0.2) is 13.1 Å². The Bertz CT molecular complexity index is 455. The molecule has 1 unspecified atom stereocenters. The summed E-state index contributed by atoms with van der Waals surface area (Å²) in [5.41, 5.74) is 5.51. The Kier molecular flexibility index (Phi) is 5.58. The SMILES string of the molecule is CCCOc1ccc(S(=O)(=O)NCC(C)N)cc1. The molecule has 0 aliphatic heterocycles. The third kappa shape index (κ3) is 4.64. The lowest BCUT2D eigenvalue weighted by Gasteiger charge is -2.09. The molecule has 0 bridgehead atoms. The van der Waals surface area contributed by atoms with Crippen LogP contribution in [0.5, 0.6) is 5.75 Å². The van der Waals surface area contributed by atoms with Crippen LogP contribution in [-0.4, -0.2) is 27.6 Å². The minimum absolute atomic E-state index is 0.215. The summed E-state index contributed by atoms with van der Waals surface area (Å²) >= 11 is 0. The van der Waals surface area contributed by atoms with E-state index in [1.807, 2.05) is 6.92 Å². The van der Waals surface area contributed by atoms with Gasteiger partial charge in [0.2, 0.25) is 10.0 Å². The summed E-state index contributed by atoms with van der Waals surface area (Å²) in [6, 6.07) is 6.13. The van der Waals surface area contributed by atoms with Crippen LogP contribution in [-0.2, 0) is 10.0 Å². The smallest absolute Gasteiger partial charge is 0.240 e. The molecule has 0 amide bonds. The van der Waals surface area contributed by atoms with Gasteiger partial charge in [-0.2, -0.15) is 0 Å². The molecule has 5 nitrogen and oxygen atoms in total. The number of hydrogen-bond acceptors (Lipinski definition) is 4. The van der Waals surface area contributed by atoms with Gasteiger partial charge in [0, 0.05) is 12.6 Å². The number of hydrogen-bond donors (Lipinski definition) is 2. The van der Waals surface area contributed by atoms with Crippen LogP contribution in [0.3, 0.4) is 0 Å². The lowest BCUT2D eigenvalue weighted by Crippen LogP contribution is -2.35. The van der Waals surface area contributed by atoms with Gasteiger partial charge in [0.15, 0.2) is 0 Å². The van der Waals surface area contributed by atoms with Gasteiger partial charge < -0.3 is 10.5 Å². The maximum absolute atomic E-state index is 11.9. The molecule has 0 aliphatic rings. The number of benzene rings is 1. The first-order chi connectivity index (χ1) is 8.45. The normalized spacial score (nSPS) is 13.3. The Morgan fingerprint density at radius 3 is 2.44 bits per heavy atom. The van der Waals surface area contributed by atoms with E-state index in [0.29, 0.717) is 12.4 Å². The van der Waals surface area contributed by atoms with Gasteiger partial charge in [-0.1, -0.05) is 6.92 Å². The van der Waals surface area contributed by atoms with Crippen LogP contribution in [0, 0.1) is 0 Å². The highest BCUT2D eigenvalue weighted by atomic mass is 32.2. The lowest BCUT2D eigenvalue weighted by molar-refractivity contribution is 0.317. The van der Waals surface area contributed by atoms with Gasteiger partial charge in [0.25, 0.3) is 0 Å². The van der Waals surface area contributed by atoms with E-state index in [0.717, 1.165) is 6.42 Å². The maximum atomic E-state index is 11.9. The molecule has 3 N–H and O–H groups in total. The molecule has 0 spiro atoms. The molecule has 0 radical (unpaired) electrons. The molecule has 0 saturated heterocycles. The molecule has 1 aromatic carbocycles. The monoisotopic (exact) mass is 272 g/mol. The summed E-state index contributed by atoms with van der Waals surface area (Å²) in [6.07, 6.45) is 0.913. The zero-order chi connectivity index (χ0) is 13.6. The van der Waals surface area contributed by atoms with E-state index >= 15 is 0 Å². The van der Waals surface area contributed by atoms with E-state index < -0.39 is 10.0 Å². The predicted molar refractivity (Wildman–Crippen MR) is 71.1 cm³/mol. The zero-order valence-electron chi connectivity index (χ0n) is 10.7. The molecule has 1 rings (SSSR count). The van der Waals surface area contributed by atoms with Crippen molar-refractivity contribution in [2.75, 3.05) is 13.2 Å². The number of rotatable bonds is 7. The summed E-state index contributed by atoms with van der Waals surface area (Å²) in [4.78, 5) is 0.215. The third-order valence-corrected chi connectivity index (χ3v) is 3.64. The minimum atomic E-state index is -3.48. The van der Waals surface area contributed by atoms with Crippen molar-refractivity contribution in [3.63, 3.8) is 0 Å². The van der Waals surface area contributed by atoms with Crippen LogP contribution in [0.4, 0.5) is 0 Å². The highest BCUT2D eigenvalue weighted by molar-refractivity contribution is 7.89. The average molecular weight is 272 g/mol. The van der Waals surface area contributed by atoms with Crippen LogP contribution in [0.1, 0.15) is 20.3 Å². The van der Waals surface area contributed by atoms with E-state index in [1.54, 1.807) is 19.1 Å². The Morgan fingerprint density at radius 2 is 1.94 bits per heavy atom. The zero-order valence-corrected chi connectivity index (χ0v) is 11.5. The standard InChI is InChI=1S/C12H20N2O3S/c1-3-8-17-11-4-6-12(7-5-11)18(15,16)14-9-10(2)13/h4-7,10,14H,3,8-9,13H2,1-2H3. The Hall–Kier alpha value is -1.11. The van der Waals surface area contributed by atoms with Gasteiger partial charge >= 0.3 is 0 Å². The van der Waals surface area contributed by atoms with Gasteiger partial charge in [-0.15, -0.1) is 0 Å². The largest absolute Gasteiger partial charge is 0.494 e. The number of nitrogens with one attached hydrogen (secondary N) is 1. The second-order valence-electron chi connectivity index (χ2n) is 4.15. The van der Waals surface area contributed by atoms with Crippen LogP contribution in [0.25, 0.3) is 0 Å². The van der Waals surface area contributed by atoms with Gasteiger partial charge in [0.1, 0.15) is 5.75 Å². The number of nitrogens with two attached hydrogens (primary N) is 1. The molecule has 0 aromatic heterocycles. The second kappa shape index (κ2) is 6.72. The molecule has 0 aliphatic carbocycles. The highest BCUT2D eigenvalue weighted by Gasteiger charge is 2.13. The molecule has 102 valence electrons. The molecular weight excluding hydrogens is 252 g/mol. The summed E-state index contributed by atoms with van der Waals surface area (Å²) < 4.78 is 31.5. The van der Waals surface area contributed by atoms with Crippen LogP contribution >= 0.6 is 0 Å². The Morgan fingerprint density at radius 1 is 1.33 bits per heavy atom. The fourth-order valence-corrected chi connectivity index (χ4v) is 2.40. The number of ether oxygens (including phenoxy) is 1. The maximum Gasteiger partial charge on any atom is 0.240 e. The Labute approximate surface area is 108 Å². The van der Waals surface area contributed by atoms with Crippen molar-refractivity contribution in [1.29, 1.82) is 0 Å². The van der Waals surface area contributed by atoms with Crippen molar-refractivity contribution in [1.82, 2.24) is 4.72 Å². The molecule has 0 fully saturated rings. The minimum Gasteiger partial charge on any atom is -0.494 e. The van der Waals surface area contributed by atoms with Gasteiger partial charge in [0.05, 0.1) is 11.5 Å². The van der Waals surface area contributed by atoms with Crippen LogP contribution < -0.4 is 15.2 Å². The van der Waals surface area contributed by atoms with Crippen molar-refractivity contribution in [2.24, 2.45) is 5.73 Å². The highest BCUT2D eigenvalue weighted by Crippen LogP contribution is 2.15. The molecule has 0 saturated carbocycles. The topological polar surface area (TPSA) is 81.4 Å². The van der Waals surface area contributed by atoms with E-state index in [-0.39, 0.29) is 17.5 Å². The first kappa shape index (κ1) is 14.9. The fourth-order valence-electron chi connectivity index (χ4n) is 1.26. The van der Waals surface area contributed by atoms with Gasteiger partial charge in [-0.05, 0) is 37.6 Å². The number of sulfonamides is 1. The van der Waals surface area contributed by atoms with Crippen LogP contribution in [0.15, 0.2) is 29.2 Å². The van der Waals surface area contributed by atoms with Crippen molar-refractivity contribution in [3.8, 4) is 5.75 Å². The van der Waals surface area contributed by atoms with E-state index in [2.05, 4.69) is 4.72 Å². The van der Waals surface area contributed by atoms with Crippen molar-refractivity contribution in [2.45, 2.75) is 31.2 Å². The third-order valence-electron chi connectivity index (χ3n) is 2.20. The fraction of sp³-hybridized carbons (Fsp3) is 0.500. The van der Waals surface area contributed by atoms with E-state index in [1.165, 1.54) is 12.1 Å². The van der Waals surface area contributed by atoms with E-state index in [4.69, 9.17) is 10.5 Å². The van der Waals surface area contributed by atoms with Crippen molar-refractivity contribution in [3.05, 3.63) is 24.3 Å². The molecule has 0 heterocycles. The van der Waals surface area contributed by atoms with E-state index in [9.17, 15) is 8.42 Å². The molecular formula is C12H20N2O3S. The molecule has 1 aromatic rings. The first-order valence-corrected chi connectivity index (χ1v) is 7.42. The van der Waals surface area contributed by atoms with Crippen LogP contribution in [0.2, 0.25) is 0 Å². The van der Waals surface area contributed by atoms with Crippen molar-refractivity contribution < 1.29 is 13.2 Å². The first-order valence-electron chi connectivity index (χ1n) is 5.94.